The second-order valence-corrected chi connectivity index (χ2v) is 15.5. The molecule has 10 aromatic carbocycles. The topological polar surface area (TPSA) is 13.1 Å². The molecule has 0 bridgehead atoms. The molecule has 2 aliphatic carbocycles. The molecule has 0 atom stereocenters. The highest BCUT2D eigenvalue weighted by atomic mass is 16.3. The highest BCUT2D eigenvalue weighted by Gasteiger charge is 2.51. The van der Waals surface area contributed by atoms with E-state index in [1.54, 1.807) is 0 Å². The van der Waals surface area contributed by atoms with Crippen LogP contribution in [0.25, 0.3) is 98.8 Å². The highest BCUT2D eigenvalue weighted by molar-refractivity contribution is 6.16. The molecule has 0 amide bonds. The van der Waals surface area contributed by atoms with Crippen molar-refractivity contribution in [2.24, 2.45) is 0 Å². The lowest BCUT2D eigenvalue weighted by Crippen LogP contribution is -2.25. The fourth-order valence-corrected chi connectivity index (χ4v) is 10.5. The molecule has 1 heterocycles. The van der Waals surface area contributed by atoms with Crippen LogP contribution in [0.5, 0.6) is 0 Å². The number of hydrogen-bond acceptors (Lipinski definition) is 1. The summed E-state index contributed by atoms with van der Waals surface area (Å²) in [6, 6.07) is 72.2. The van der Waals surface area contributed by atoms with Gasteiger partial charge in [-0.1, -0.05) is 158 Å². The van der Waals surface area contributed by atoms with Crippen molar-refractivity contribution in [2.45, 2.75) is 5.41 Å². The summed E-state index contributed by atoms with van der Waals surface area (Å²) < 4.78 is 6.57. The van der Waals surface area contributed by atoms with Crippen LogP contribution in [0, 0.1) is 0 Å². The first-order chi connectivity index (χ1) is 27.8. The van der Waals surface area contributed by atoms with Crippen LogP contribution in [-0.2, 0) is 5.41 Å². The van der Waals surface area contributed by atoms with Crippen molar-refractivity contribution in [2.75, 3.05) is 0 Å². The van der Waals surface area contributed by atoms with Gasteiger partial charge in [-0.3, -0.25) is 0 Å². The molecule has 0 unspecified atom stereocenters. The zero-order valence-electron chi connectivity index (χ0n) is 30.4. The van der Waals surface area contributed by atoms with Gasteiger partial charge in [0.05, 0.1) is 5.41 Å². The van der Waals surface area contributed by atoms with Crippen LogP contribution >= 0.6 is 0 Å². The van der Waals surface area contributed by atoms with Gasteiger partial charge in [0, 0.05) is 10.8 Å². The fourth-order valence-electron chi connectivity index (χ4n) is 10.5. The second-order valence-electron chi connectivity index (χ2n) is 15.5. The van der Waals surface area contributed by atoms with E-state index >= 15 is 0 Å². The Morgan fingerprint density at radius 1 is 0.286 bits per heavy atom. The summed E-state index contributed by atoms with van der Waals surface area (Å²) in [5, 5.41) is 9.78. The van der Waals surface area contributed by atoms with Crippen molar-refractivity contribution in [3.05, 3.63) is 216 Å². The van der Waals surface area contributed by atoms with Gasteiger partial charge in [0.15, 0.2) is 0 Å². The van der Waals surface area contributed by atoms with E-state index in [0.717, 1.165) is 21.9 Å². The van der Waals surface area contributed by atoms with Crippen LogP contribution in [0.15, 0.2) is 199 Å². The molecule has 258 valence electrons. The Kier molecular flexibility index (Phi) is 5.89. The van der Waals surface area contributed by atoms with Crippen LogP contribution in [0.1, 0.15) is 22.3 Å². The van der Waals surface area contributed by atoms with Gasteiger partial charge in [-0.15, -0.1) is 0 Å². The fraction of sp³-hybridized carbons (Fsp3) is 0.0182. The molecule has 1 aromatic heterocycles. The molecule has 1 heteroatoms. The molecular formula is C55H32O. The molecule has 0 saturated heterocycles. The third-order valence-electron chi connectivity index (χ3n) is 12.8. The van der Waals surface area contributed by atoms with E-state index in [1.165, 1.54) is 99.1 Å². The Hall–Kier alpha value is -7.22. The Morgan fingerprint density at radius 2 is 0.857 bits per heavy atom. The molecule has 0 radical (unpaired) electrons. The minimum absolute atomic E-state index is 0.472. The second kappa shape index (κ2) is 10.9. The SMILES string of the molecule is c1ccc2c(c1)-c1ccccc1C21c2cc(-c3cccc4oc5cc6ccccc6cc5c34)ccc2-c2cc3c(-c4cccc5ccccc45)cccc3cc21. The molecule has 0 aliphatic heterocycles. The number of hydrogen-bond donors (Lipinski definition) is 0. The molecule has 56 heavy (non-hydrogen) atoms. The number of rotatable bonds is 2. The maximum Gasteiger partial charge on any atom is 0.136 e. The number of furan rings is 1. The van der Waals surface area contributed by atoms with E-state index in [-0.39, 0.29) is 0 Å². The lowest BCUT2D eigenvalue weighted by molar-refractivity contribution is 0.669. The van der Waals surface area contributed by atoms with Crippen LogP contribution < -0.4 is 0 Å². The van der Waals surface area contributed by atoms with Crippen molar-refractivity contribution in [3.63, 3.8) is 0 Å². The Balaban J connectivity index is 1.12. The Bertz CT molecular complexity index is 3440. The predicted octanol–water partition coefficient (Wildman–Crippen LogP) is 14.7. The van der Waals surface area contributed by atoms with Crippen molar-refractivity contribution < 1.29 is 4.42 Å². The number of benzene rings is 10. The predicted molar refractivity (Wildman–Crippen MR) is 233 cm³/mol. The highest BCUT2D eigenvalue weighted by Crippen LogP contribution is 2.64. The monoisotopic (exact) mass is 708 g/mol. The molecule has 0 fully saturated rings. The first-order valence-electron chi connectivity index (χ1n) is 19.5. The van der Waals surface area contributed by atoms with Crippen LogP contribution in [0.4, 0.5) is 0 Å². The normalized spacial score (nSPS) is 13.5. The summed E-state index contributed by atoms with van der Waals surface area (Å²) in [5.74, 6) is 0. The quantitative estimate of drug-likeness (QED) is 0.174. The minimum Gasteiger partial charge on any atom is -0.456 e. The first-order valence-corrected chi connectivity index (χ1v) is 19.5. The molecule has 13 rings (SSSR count). The van der Waals surface area contributed by atoms with Gasteiger partial charge in [-0.2, -0.15) is 0 Å². The molecule has 0 saturated carbocycles. The van der Waals surface area contributed by atoms with E-state index in [9.17, 15) is 0 Å². The lowest BCUT2D eigenvalue weighted by atomic mass is 9.70. The largest absolute Gasteiger partial charge is 0.456 e. The van der Waals surface area contributed by atoms with Gasteiger partial charge in [0.1, 0.15) is 11.2 Å². The molecule has 11 aromatic rings. The van der Waals surface area contributed by atoms with Gasteiger partial charge in [-0.25, -0.2) is 0 Å². The third kappa shape index (κ3) is 3.84. The van der Waals surface area contributed by atoms with Gasteiger partial charge in [0.2, 0.25) is 0 Å². The maximum absolute atomic E-state index is 6.57. The zero-order chi connectivity index (χ0) is 36.5. The van der Waals surface area contributed by atoms with Crippen LogP contribution in [0.3, 0.4) is 0 Å². The van der Waals surface area contributed by atoms with E-state index in [2.05, 4.69) is 194 Å². The van der Waals surface area contributed by atoms with E-state index in [1.807, 2.05) is 0 Å². The summed E-state index contributed by atoms with van der Waals surface area (Å²) in [5.41, 5.74) is 16.9. The molecule has 1 nitrogen and oxygen atoms in total. The van der Waals surface area contributed by atoms with Crippen molar-refractivity contribution in [1.82, 2.24) is 0 Å². The maximum atomic E-state index is 6.57. The van der Waals surface area contributed by atoms with Gasteiger partial charge < -0.3 is 4.42 Å². The van der Waals surface area contributed by atoms with Crippen LogP contribution in [-0.4, -0.2) is 0 Å². The first kappa shape index (κ1) is 30.1. The van der Waals surface area contributed by atoms with Crippen molar-refractivity contribution in [1.29, 1.82) is 0 Å². The minimum atomic E-state index is -0.472. The Labute approximate surface area is 323 Å². The van der Waals surface area contributed by atoms with E-state index in [0.29, 0.717) is 0 Å². The van der Waals surface area contributed by atoms with Gasteiger partial charge in [0.25, 0.3) is 0 Å². The summed E-state index contributed by atoms with van der Waals surface area (Å²) in [7, 11) is 0. The summed E-state index contributed by atoms with van der Waals surface area (Å²) >= 11 is 0. The lowest BCUT2D eigenvalue weighted by Gasteiger charge is -2.31. The molecule has 2 aliphatic rings. The van der Waals surface area contributed by atoms with Crippen LogP contribution in [0.2, 0.25) is 0 Å². The average Bonchev–Trinajstić information content (AvgIpc) is 3.87. The van der Waals surface area contributed by atoms with Crippen molar-refractivity contribution >= 4 is 54.3 Å². The average molecular weight is 709 g/mol. The summed E-state index contributed by atoms with van der Waals surface area (Å²) in [4.78, 5) is 0. The molecular weight excluding hydrogens is 677 g/mol. The van der Waals surface area contributed by atoms with Gasteiger partial charge in [-0.05, 0) is 135 Å². The summed E-state index contributed by atoms with van der Waals surface area (Å²) in [6.07, 6.45) is 0. The van der Waals surface area contributed by atoms with E-state index < -0.39 is 5.41 Å². The Morgan fingerprint density at radius 3 is 1.66 bits per heavy atom. The van der Waals surface area contributed by atoms with E-state index in [4.69, 9.17) is 4.42 Å². The van der Waals surface area contributed by atoms with Gasteiger partial charge >= 0.3 is 0 Å². The molecule has 0 N–H and O–H groups in total. The zero-order valence-corrected chi connectivity index (χ0v) is 30.4. The third-order valence-corrected chi connectivity index (χ3v) is 12.8. The van der Waals surface area contributed by atoms with Crippen molar-refractivity contribution in [3.8, 4) is 44.5 Å². The summed E-state index contributed by atoms with van der Waals surface area (Å²) in [6.45, 7) is 0. The molecule has 1 spiro atoms. The standard InChI is InChI=1S/C55H32O/c1-2-14-35-31-53-47(28-34(35)13-1)54-39(20-11-25-52(54)56-53)37-26-27-44-46-32-45-36(16-10-22-41(45)40-21-9-15-33-12-3-4-17-38(33)40)29-51(46)55(50(44)30-37)48-23-7-5-18-42(48)43-19-6-8-24-49(43)55/h1-32H. The smallest absolute Gasteiger partial charge is 0.136 e. The number of fused-ring (bicyclic) bond motifs is 16.